The summed E-state index contributed by atoms with van der Waals surface area (Å²) in [6.45, 7) is 6.02. The van der Waals surface area contributed by atoms with Crippen molar-refractivity contribution in [1.82, 2.24) is 4.98 Å². The highest BCUT2D eigenvalue weighted by Gasteiger charge is 2.15. The Morgan fingerprint density at radius 2 is 2.00 bits per heavy atom. The number of carbonyl (C=O) groups excluding carboxylic acids is 1. The van der Waals surface area contributed by atoms with Gasteiger partial charge in [-0.05, 0) is 31.9 Å². The van der Waals surface area contributed by atoms with Crippen LogP contribution in [0, 0.1) is 12.8 Å². The van der Waals surface area contributed by atoms with Crippen LogP contribution in [0.5, 0.6) is 0 Å². The van der Waals surface area contributed by atoms with E-state index in [-0.39, 0.29) is 11.7 Å². The van der Waals surface area contributed by atoms with E-state index in [2.05, 4.69) is 4.98 Å². The quantitative estimate of drug-likeness (QED) is 0.685. The van der Waals surface area contributed by atoms with E-state index in [4.69, 9.17) is 0 Å². The summed E-state index contributed by atoms with van der Waals surface area (Å²) in [7, 11) is 0. The molecule has 0 aliphatic carbocycles. The maximum Gasteiger partial charge on any atom is 0.167 e. The summed E-state index contributed by atoms with van der Waals surface area (Å²) in [4.78, 5) is 16.0. The van der Waals surface area contributed by atoms with Gasteiger partial charge in [0, 0.05) is 23.4 Å². The van der Waals surface area contributed by atoms with Gasteiger partial charge in [0.1, 0.15) is 0 Å². The van der Waals surface area contributed by atoms with E-state index in [0.717, 1.165) is 24.1 Å². The van der Waals surface area contributed by atoms with Crippen molar-refractivity contribution in [3.05, 3.63) is 29.6 Å². The van der Waals surface area contributed by atoms with Gasteiger partial charge in [-0.15, -0.1) is 0 Å². The zero-order chi connectivity index (χ0) is 10.6. The fourth-order valence-electron chi connectivity index (χ4n) is 1.51. The van der Waals surface area contributed by atoms with Crippen LogP contribution in [-0.4, -0.2) is 10.8 Å². The molecule has 0 unspecified atom stereocenters. The Morgan fingerprint density at radius 3 is 2.43 bits per heavy atom. The number of hydrogen-bond donors (Lipinski definition) is 0. The Bertz CT molecular complexity index is 299. The second kappa shape index (κ2) is 4.89. The van der Waals surface area contributed by atoms with Crippen LogP contribution >= 0.6 is 0 Å². The maximum atomic E-state index is 11.9. The van der Waals surface area contributed by atoms with Gasteiger partial charge in [0.25, 0.3) is 0 Å². The molecule has 1 rings (SSSR count). The van der Waals surface area contributed by atoms with Crippen molar-refractivity contribution in [2.45, 2.75) is 33.6 Å². The summed E-state index contributed by atoms with van der Waals surface area (Å²) in [6, 6.07) is 3.75. The number of nitrogens with zero attached hydrogens (tertiary/aromatic N) is 1. The van der Waals surface area contributed by atoms with Crippen molar-refractivity contribution >= 4 is 5.78 Å². The van der Waals surface area contributed by atoms with E-state index in [1.54, 1.807) is 6.20 Å². The van der Waals surface area contributed by atoms with Crippen LogP contribution < -0.4 is 0 Å². The van der Waals surface area contributed by atoms with Gasteiger partial charge in [-0.2, -0.15) is 0 Å². The summed E-state index contributed by atoms with van der Waals surface area (Å²) in [6.07, 6.45) is 3.49. The van der Waals surface area contributed by atoms with E-state index < -0.39 is 0 Å². The van der Waals surface area contributed by atoms with E-state index in [1.165, 1.54) is 0 Å². The molecule has 0 saturated heterocycles. The molecule has 76 valence electrons. The highest BCUT2D eigenvalue weighted by Crippen LogP contribution is 2.15. The van der Waals surface area contributed by atoms with E-state index in [9.17, 15) is 4.79 Å². The van der Waals surface area contributed by atoms with E-state index in [0.29, 0.717) is 0 Å². The maximum absolute atomic E-state index is 11.9. The van der Waals surface area contributed by atoms with Crippen molar-refractivity contribution in [3.8, 4) is 0 Å². The largest absolute Gasteiger partial charge is 0.294 e. The fourth-order valence-corrected chi connectivity index (χ4v) is 1.51. The van der Waals surface area contributed by atoms with Crippen LogP contribution in [0.3, 0.4) is 0 Å². The standard InChI is InChI=1S/C12H17NO/c1-4-10(5-2)12(14)11-7-6-9(3)13-8-11/h6-8,10H,4-5H2,1-3H3. The van der Waals surface area contributed by atoms with Crippen LogP contribution in [0.15, 0.2) is 18.3 Å². The monoisotopic (exact) mass is 191 g/mol. The molecule has 0 fully saturated rings. The summed E-state index contributed by atoms with van der Waals surface area (Å²) >= 11 is 0. The van der Waals surface area contributed by atoms with Gasteiger partial charge in [0.05, 0.1) is 0 Å². The Balaban J connectivity index is 2.83. The van der Waals surface area contributed by atoms with E-state index in [1.807, 2.05) is 32.9 Å². The molecular formula is C12H17NO. The van der Waals surface area contributed by atoms with Gasteiger partial charge >= 0.3 is 0 Å². The van der Waals surface area contributed by atoms with Crippen molar-refractivity contribution in [2.24, 2.45) is 5.92 Å². The number of ketones is 1. The van der Waals surface area contributed by atoms with Crippen molar-refractivity contribution in [1.29, 1.82) is 0 Å². The van der Waals surface area contributed by atoms with Crippen LogP contribution in [0.1, 0.15) is 42.7 Å². The number of rotatable bonds is 4. The average molecular weight is 191 g/mol. The van der Waals surface area contributed by atoms with E-state index >= 15 is 0 Å². The lowest BCUT2D eigenvalue weighted by atomic mass is 9.94. The molecule has 0 atom stereocenters. The fraction of sp³-hybridized carbons (Fsp3) is 0.500. The highest BCUT2D eigenvalue weighted by atomic mass is 16.1. The molecule has 0 radical (unpaired) electrons. The molecule has 1 heterocycles. The third kappa shape index (κ3) is 2.41. The zero-order valence-corrected chi connectivity index (χ0v) is 9.08. The number of Topliss-reactive ketones (excluding diaryl/α,β-unsaturated/α-hetero) is 1. The normalized spacial score (nSPS) is 10.6. The van der Waals surface area contributed by atoms with Crippen LogP contribution in [-0.2, 0) is 0 Å². The summed E-state index contributed by atoms with van der Waals surface area (Å²) in [5.41, 5.74) is 1.69. The number of aromatic nitrogens is 1. The third-order valence-corrected chi connectivity index (χ3v) is 2.55. The van der Waals surface area contributed by atoms with Gasteiger partial charge in [0.15, 0.2) is 5.78 Å². The lowest BCUT2D eigenvalue weighted by Crippen LogP contribution is -2.13. The molecule has 14 heavy (non-hydrogen) atoms. The number of aryl methyl sites for hydroxylation is 1. The minimum absolute atomic E-state index is 0.152. The Kier molecular flexibility index (Phi) is 3.81. The molecule has 0 spiro atoms. The predicted octanol–water partition coefficient (Wildman–Crippen LogP) is 3.01. The summed E-state index contributed by atoms with van der Waals surface area (Å²) in [5.74, 6) is 0.377. The third-order valence-electron chi connectivity index (χ3n) is 2.55. The second-order valence-corrected chi connectivity index (χ2v) is 3.57. The minimum Gasteiger partial charge on any atom is -0.294 e. The van der Waals surface area contributed by atoms with Crippen molar-refractivity contribution in [2.75, 3.05) is 0 Å². The molecule has 2 heteroatoms. The molecule has 1 aromatic rings. The number of pyridine rings is 1. The van der Waals surface area contributed by atoms with Gasteiger partial charge in [-0.3, -0.25) is 9.78 Å². The molecule has 0 N–H and O–H groups in total. The topological polar surface area (TPSA) is 30.0 Å². The molecule has 0 aliphatic rings. The zero-order valence-electron chi connectivity index (χ0n) is 9.08. The average Bonchev–Trinajstić information content (AvgIpc) is 2.20. The molecule has 0 saturated carbocycles. The lowest BCUT2D eigenvalue weighted by Gasteiger charge is -2.10. The lowest BCUT2D eigenvalue weighted by molar-refractivity contribution is 0.0913. The first-order valence-corrected chi connectivity index (χ1v) is 5.15. The molecule has 0 aromatic carbocycles. The Labute approximate surface area is 85.4 Å². The molecule has 0 amide bonds. The van der Waals surface area contributed by atoms with Gasteiger partial charge in [-0.1, -0.05) is 13.8 Å². The first-order chi connectivity index (χ1) is 6.69. The van der Waals surface area contributed by atoms with Crippen LogP contribution in [0.4, 0.5) is 0 Å². The molecule has 1 aromatic heterocycles. The second-order valence-electron chi connectivity index (χ2n) is 3.57. The van der Waals surface area contributed by atoms with Crippen molar-refractivity contribution < 1.29 is 4.79 Å². The highest BCUT2D eigenvalue weighted by molar-refractivity contribution is 5.97. The smallest absolute Gasteiger partial charge is 0.167 e. The van der Waals surface area contributed by atoms with Gasteiger partial charge in [-0.25, -0.2) is 0 Å². The van der Waals surface area contributed by atoms with Crippen molar-refractivity contribution in [3.63, 3.8) is 0 Å². The molecule has 0 aliphatic heterocycles. The number of hydrogen-bond acceptors (Lipinski definition) is 2. The van der Waals surface area contributed by atoms with Gasteiger partial charge < -0.3 is 0 Å². The molecule has 0 bridgehead atoms. The molecule has 2 nitrogen and oxygen atoms in total. The number of carbonyl (C=O) groups is 1. The van der Waals surface area contributed by atoms with Crippen LogP contribution in [0.2, 0.25) is 0 Å². The SMILES string of the molecule is CCC(CC)C(=O)c1ccc(C)nc1. The summed E-state index contributed by atoms with van der Waals surface area (Å²) in [5, 5.41) is 0. The predicted molar refractivity (Wildman–Crippen MR) is 57.4 cm³/mol. The Hall–Kier alpha value is -1.18. The Morgan fingerprint density at radius 1 is 1.36 bits per heavy atom. The minimum atomic E-state index is 0.152. The molecular weight excluding hydrogens is 174 g/mol. The van der Waals surface area contributed by atoms with Crippen LogP contribution in [0.25, 0.3) is 0 Å². The first kappa shape index (κ1) is 10.9. The first-order valence-electron chi connectivity index (χ1n) is 5.15. The van der Waals surface area contributed by atoms with Gasteiger partial charge in [0.2, 0.25) is 0 Å². The summed E-state index contributed by atoms with van der Waals surface area (Å²) < 4.78 is 0.